The zero-order chi connectivity index (χ0) is 54.2. The number of likely N-dealkylation sites (tertiary alicyclic amines) is 1. The first-order valence-electron chi connectivity index (χ1n) is 26.8. The largest absolute Gasteiger partial charge is 0.497 e. The molecule has 1 aromatic carbocycles. The molecule has 2 N–H and O–H groups in total. The maximum absolute atomic E-state index is 14.8. The van der Waals surface area contributed by atoms with E-state index in [1.165, 1.54) is 11.3 Å². The third kappa shape index (κ3) is 15.7. The molecule has 5 fully saturated rings. The fourth-order valence-corrected chi connectivity index (χ4v) is 12.5. The summed E-state index contributed by atoms with van der Waals surface area (Å²) in [5.74, 6) is -4.02. The highest BCUT2D eigenvalue weighted by Crippen LogP contribution is 2.57. The first kappa shape index (κ1) is 58.2. The number of hydrogen-bond acceptors (Lipinski definition) is 14. The van der Waals surface area contributed by atoms with Crippen LogP contribution in [0.25, 0.3) is 10.8 Å². The van der Waals surface area contributed by atoms with Crippen molar-refractivity contribution in [2.24, 2.45) is 35.0 Å². The van der Waals surface area contributed by atoms with Crippen LogP contribution in [0.4, 0.5) is 0 Å². The van der Waals surface area contributed by atoms with Gasteiger partial charge in [-0.2, -0.15) is 8.42 Å². The summed E-state index contributed by atoms with van der Waals surface area (Å²) in [6.45, 7) is 16.6. The number of aromatic nitrogens is 1. The third-order valence-electron chi connectivity index (χ3n) is 15.2. The van der Waals surface area contributed by atoms with Crippen LogP contribution >= 0.6 is 0 Å². The van der Waals surface area contributed by atoms with Crippen LogP contribution in [0.3, 0.4) is 0 Å². The molecule has 74 heavy (non-hydrogen) atoms. The number of amides is 2. The molecule has 4 aliphatic carbocycles. The van der Waals surface area contributed by atoms with Gasteiger partial charge < -0.3 is 29.0 Å². The average Bonchev–Trinajstić information content (AvgIpc) is 4.21. The number of carboxylic acids is 1. The Morgan fingerprint density at radius 3 is 1.97 bits per heavy atom. The van der Waals surface area contributed by atoms with Crippen LogP contribution in [0.2, 0.25) is 0 Å². The fourth-order valence-electron chi connectivity index (χ4n) is 11.3. The summed E-state index contributed by atoms with van der Waals surface area (Å²) in [6.07, 6.45) is 14.5. The number of ether oxygens (including phenoxy) is 4. The number of esters is 2. The van der Waals surface area contributed by atoms with Gasteiger partial charge in [0.2, 0.25) is 17.7 Å². The molecule has 18 heteroatoms. The molecule has 0 spiro atoms. The lowest BCUT2D eigenvalue weighted by molar-refractivity contribution is -0.161. The Labute approximate surface area is 437 Å². The molecule has 6 atom stereocenters. The van der Waals surface area contributed by atoms with Crippen molar-refractivity contribution in [1.29, 1.82) is 0 Å². The normalized spacial score (nSPS) is 23.8. The lowest BCUT2D eigenvalue weighted by Crippen LogP contribution is -2.48. The zero-order valence-corrected chi connectivity index (χ0v) is 45.7. The smallest absolute Gasteiger partial charge is 0.362 e. The highest BCUT2D eigenvalue weighted by atomic mass is 32.2. The van der Waals surface area contributed by atoms with E-state index in [2.05, 4.69) is 16.3 Å². The second kappa shape index (κ2) is 24.3. The van der Waals surface area contributed by atoms with Crippen molar-refractivity contribution in [3.8, 4) is 11.6 Å². The van der Waals surface area contributed by atoms with Gasteiger partial charge in [-0.1, -0.05) is 57.9 Å². The van der Waals surface area contributed by atoms with Gasteiger partial charge in [-0.15, -0.1) is 6.58 Å². The van der Waals surface area contributed by atoms with Crippen LogP contribution in [0, 0.1) is 35.0 Å². The molecular weight excluding hydrogens is 971 g/mol. The summed E-state index contributed by atoms with van der Waals surface area (Å²) in [5, 5.41) is 10.8. The molecule has 1 saturated heterocycles. The number of carbonyl (C=O) groups excluding carboxylic acids is 5. The molecule has 0 radical (unpaired) electrons. The number of carboxylic acid groups (broad SMARTS) is 1. The van der Waals surface area contributed by atoms with Gasteiger partial charge in [0, 0.05) is 24.4 Å². The number of methoxy groups -OCH3 is 1. The van der Waals surface area contributed by atoms with Crippen molar-refractivity contribution in [3.05, 3.63) is 43.1 Å². The first-order chi connectivity index (χ1) is 34.8. The van der Waals surface area contributed by atoms with Crippen molar-refractivity contribution in [2.75, 3.05) is 13.7 Å². The number of pyridine rings is 1. The van der Waals surface area contributed by atoms with Gasteiger partial charge in [0.15, 0.2) is 5.78 Å². The number of aliphatic carboxylic acids is 1. The highest BCUT2D eigenvalue weighted by Gasteiger charge is 2.62. The van der Waals surface area contributed by atoms with Gasteiger partial charge in [0.05, 0.1) is 55.4 Å². The van der Waals surface area contributed by atoms with Gasteiger partial charge in [0.1, 0.15) is 23.1 Å². The number of nitrogens with one attached hydrogen (secondary N) is 1. The second-order valence-electron chi connectivity index (χ2n) is 23.4. The number of hydrogen-bond donors (Lipinski definition) is 2. The molecule has 5 aliphatic rings. The maximum atomic E-state index is 14.8. The predicted octanol–water partition coefficient (Wildman–Crippen LogP) is 9.38. The molecule has 410 valence electrons. The fraction of sp³-hybridized carbons (Fsp3) is 0.696. The third-order valence-corrected chi connectivity index (χ3v) is 16.2. The number of benzene rings is 1. The number of ketones is 1. The van der Waals surface area contributed by atoms with E-state index < -0.39 is 92.0 Å². The number of rotatable bonds is 21. The van der Waals surface area contributed by atoms with E-state index >= 15 is 0 Å². The van der Waals surface area contributed by atoms with Crippen LogP contribution in [0.5, 0.6) is 11.6 Å². The molecule has 0 unspecified atom stereocenters. The number of Topliss-reactive ketones (excluding diaryl/α,β-unsaturated/α-hetero) is 1. The Kier molecular flexibility index (Phi) is 19.1. The number of allylic oxidation sites excluding steroid dienone is 1. The molecule has 2 aromatic rings. The van der Waals surface area contributed by atoms with Crippen LogP contribution in [-0.4, -0.2) is 102 Å². The summed E-state index contributed by atoms with van der Waals surface area (Å²) in [6, 6.07) is 6.33. The number of fused-ring (bicyclic) bond motifs is 1. The van der Waals surface area contributed by atoms with Gasteiger partial charge in [-0.3, -0.25) is 28.8 Å². The quantitative estimate of drug-likeness (QED) is 0.0876. The van der Waals surface area contributed by atoms with E-state index in [1.54, 1.807) is 67.0 Å². The van der Waals surface area contributed by atoms with Gasteiger partial charge >= 0.3 is 28.2 Å². The molecule has 17 nitrogen and oxygen atoms in total. The van der Waals surface area contributed by atoms with E-state index in [-0.39, 0.29) is 56.4 Å². The van der Waals surface area contributed by atoms with Crippen molar-refractivity contribution in [2.45, 2.75) is 199 Å². The summed E-state index contributed by atoms with van der Waals surface area (Å²) in [5.41, 5.74) is -3.47. The monoisotopic (exact) mass is 1050 g/mol. The molecule has 2 heterocycles. The van der Waals surface area contributed by atoms with Crippen LogP contribution in [0.15, 0.2) is 43.1 Å². The van der Waals surface area contributed by atoms with Gasteiger partial charge in [-0.05, 0) is 140 Å². The summed E-state index contributed by atoms with van der Waals surface area (Å²) >= 11 is 0. The molecule has 1 aromatic heterocycles. The topological polar surface area (TPSA) is 231 Å². The summed E-state index contributed by atoms with van der Waals surface area (Å²) < 4.78 is 56.5. The number of carbonyl (C=O) groups is 6. The van der Waals surface area contributed by atoms with Crippen LogP contribution in [-0.2, 0) is 52.7 Å². The van der Waals surface area contributed by atoms with Gasteiger partial charge in [0.25, 0.3) is 0 Å². The molecule has 7 rings (SSSR count). The lowest BCUT2D eigenvalue weighted by Gasteiger charge is -2.34. The Morgan fingerprint density at radius 1 is 0.878 bits per heavy atom. The van der Waals surface area contributed by atoms with Crippen molar-refractivity contribution < 1.29 is 65.4 Å². The summed E-state index contributed by atoms with van der Waals surface area (Å²) in [4.78, 5) is 85.6. The standard InChI is InChI=1S/C42H57N3O10S.C14H24O4/c1-7-17-41(18-19-41)55-56(50,51)44-39(49)42(24-29(42)8-2)25-35(46)34-22-31(53-37-32-15-14-30(52-6)21-28(32)16-20-43-37)26-45(34)38(48)33(27-12-10-9-11-13-27)23-36(47)54-40(3,4)5;1-14(2,3)18-12(15)9-11(13(16)17)10-7-5-4-6-8-10/h8,14-16,20-21,27,29,31,33-34H,2,7,9-13,17-19,22-26H2,1,3-6H3,(H,44,49);10-11H,4-9H2,1-3H3,(H,16,17)/t29-,31-,33+,34+,42-;11-/m10/s1. The Bertz CT molecular complexity index is 2470. The molecule has 0 bridgehead atoms. The molecule has 1 aliphatic heterocycles. The lowest BCUT2D eigenvalue weighted by atomic mass is 9.77. The zero-order valence-electron chi connectivity index (χ0n) is 44.9. The molecular formula is C56H81N3O14S. The van der Waals surface area contributed by atoms with Crippen LogP contribution in [0.1, 0.15) is 170 Å². The maximum Gasteiger partial charge on any atom is 0.362 e. The predicted molar refractivity (Wildman–Crippen MR) is 277 cm³/mol. The van der Waals surface area contributed by atoms with Crippen molar-refractivity contribution in [1.82, 2.24) is 14.6 Å². The highest BCUT2D eigenvalue weighted by molar-refractivity contribution is 7.85. The van der Waals surface area contributed by atoms with E-state index in [0.29, 0.717) is 30.9 Å². The van der Waals surface area contributed by atoms with E-state index in [0.717, 1.165) is 75.0 Å². The van der Waals surface area contributed by atoms with E-state index in [4.69, 9.17) is 23.1 Å². The van der Waals surface area contributed by atoms with Crippen molar-refractivity contribution >= 4 is 56.6 Å². The van der Waals surface area contributed by atoms with E-state index in [9.17, 15) is 42.3 Å². The Hall–Kier alpha value is -5.10. The van der Waals surface area contributed by atoms with Crippen LogP contribution < -0.4 is 14.2 Å². The molecule has 2 amide bonds. The minimum absolute atomic E-state index is 0.00271. The second-order valence-corrected chi connectivity index (χ2v) is 24.6. The number of nitrogens with zero attached hydrogens (tertiary/aromatic N) is 2. The SMILES string of the molecule is C=C[C@@H]1C[C@]1(CC(=O)[C@@H]1C[C@@H](Oc2nccc3cc(OC)ccc23)CN1C(=O)[C@@H](CC(=O)OC(C)(C)C)C1CCCCC1)C(=O)NS(=O)(=O)OC1(CCC)CC1.CC(C)(C)OC(=O)C[C@H](C(=O)O)C1CCCCC1. The Morgan fingerprint density at radius 2 is 1.46 bits per heavy atom. The average molecular weight is 1050 g/mol. The minimum atomic E-state index is -4.45. The minimum Gasteiger partial charge on any atom is -0.497 e. The van der Waals surface area contributed by atoms with Crippen molar-refractivity contribution in [3.63, 3.8) is 0 Å². The Balaban J connectivity index is 0.000000419. The first-order valence-corrected chi connectivity index (χ1v) is 28.2. The molecule has 4 saturated carbocycles. The van der Waals surface area contributed by atoms with E-state index in [1.807, 2.05) is 25.1 Å². The summed E-state index contributed by atoms with van der Waals surface area (Å²) in [7, 11) is -2.87. The van der Waals surface area contributed by atoms with Gasteiger partial charge in [-0.25, -0.2) is 13.9 Å².